The monoisotopic (exact) mass is 283 g/mol. The Balaban J connectivity index is 1.47. The maximum Gasteiger partial charge on any atom is 0.238 e. The second-order valence-electron chi connectivity index (χ2n) is 6.20. The van der Waals surface area contributed by atoms with E-state index in [9.17, 15) is 5.11 Å². The van der Waals surface area contributed by atoms with Crippen molar-refractivity contribution in [1.82, 2.24) is 14.7 Å². The number of aromatic nitrogens is 2. The van der Waals surface area contributed by atoms with Gasteiger partial charge in [0.15, 0.2) is 0 Å². The summed E-state index contributed by atoms with van der Waals surface area (Å²) >= 11 is 0. The Morgan fingerprint density at radius 2 is 1.67 bits per heavy atom. The van der Waals surface area contributed by atoms with Gasteiger partial charge in [-0.1, -0.05) is 30.3 Å². The van der Waals surface area contributed by atoms with E-state index in [0.717, 1.165) is 36.3 Å². The molecular formula is C17H21N3O. The molecule has 2 saturated heterocycles. The SMILES string of the molecule is Oc1nn(CCN2C3CCC2CC3)cc1-c1ccccc1. The molecule has 4 nitrogen and oxygen atoms in total. The van der Waals surface area contributed by atoms with E-state index in [1.165, 1.54) is 25.7 Å². The number of rotatable bonds is 4. The molecule has 2 fully saturated rings. The van der Waals surface area contributed by atoms with E-state index in [4.69, 9.17) is 0 Å². The lowest BCUT2D eigenvalue weighted by molar-refractivity contribution is 0.238. The summed E-state index contributed by atoms with van der Waals surface area (Å²) in [6, 6.07) is 11.5. The van der Waals surface area contributed by atoms with Crippen molar-refractivity contribution in [3.8, 4) is 17.0 Å². The smallest absolute Gasteiger partial charge is 0.238 e. The Morgan fingerprint density at radius 3 is 2.33 bits per heavy atom. The molecule has 1 aromatic heterocycles. The second kappa shape index (κ2) is 5.19. The van der Waals surface area contributed by atoms with Crippen LogP contribution in [0.2, 0.25) is 0 Å². The van der Waals surface area contributed by atoms with Crippen LogP contribution in [0.3, 0.4) is 0 Å². The van der Waals surface area contributed by atoms with Gasteiger partial charge in [0.25, 0.3) is 0 Å². The van der Waals surface area contributed by atoms with Gasteiger partial charge < -0.3 is 5.11 Å². The van der Waals surface area contributed by atoms with Crippen molar-refractivity contribution in [3.05, 3.63) is 36.5 Å². The standard InChI is InChI=1S/C17H21N3O/c21-17-16(13-4-2-1-3-5-13)12-19(18-17)10-11-20-14-6-7-15(20)9-8-14/h1-5,12,14-15H,6-11H2,(H,18,21). The number of hydrogen-bond acceptors (Lipinski definition) is 3. The van der Waals surface area contributed by atoms with Gasteiger partial charge in [-0.05, 0) is 31.2 Å². The van der Waals surface area contributed by atoms with Gasteiger partial charge in [0.05, 0.1) is 12.1 Å². The molecule has 0 aliphatic carbocycles. The van der Waals surface area contributed by atoms with E-state index in [0.29, 0.717) is 0 Å². The first kappa shape index (κ1) is 12.9. The highest BCUT2D eigenvalue weighted by Gasteiger charge is 2.38. The average molecular weight is 283 g/mol. The van der Waals surface area contributed by atoms with Crippen LogP contribution in [0.1, 0.15) is 25.7 Å². The molecule has 2 aromatic rings. The zero-order chi connectivity index (χ0) is 14.2. The summed E-state index contributed by atoms with van der Waals surface area (Å²) < 4.78 is 1.88. The van der Waals surface area contributed by atoms with Crippen molar-refractivity contribution >= 4 is 0 Å². The molecule has 0 radical (unpaired) electrons. The molecule has 1 aromatic carbocycles. The van der Waals surface area contributed by atoms with Crippen molar-refractivity contribution < 1.29 is 5.11 Å². The largest absolute Gasteiger partial charge is 0.492 e. The van der Waals surface area contributed by atoms with E-state index in [-0.39, 0.29) is 5.88 Å². The third-order valence-corrected chi connectivity index (χ3v) is 5.02. The summed E-state index contributed by atoms with van der Waals surface area (Å²) in [5.74, 6) is 0.130. The minimum Gasteiger partial charge on any atom is -0.492 e. The zero-order valence-corrected chi connectivity index (χ0v) is 12.2. The minimum absolute atomic E-state index is 0.130. The van der Waals surface area contributed by atoms with Crippen molar-refractivity contribution in [2.24, 2.45) is 0 Å². The molecule has 0 spiro atoms. The highest BCUT2D eigenvalue weighted by molar-refractivity contribution is 5.67. The van der Waals surface area contributed by atoms with Crippen LogP contribution < -0.4 is 0 Å². The lowest BCUT2D eigenvalue weighted by Crippen LogP contribution is -2.31. The summed E-state index contributed by atoms with van der Waals surface area (Å²) in [5, 5.41) is 14.3. The lowest BCUT2D eigenvalue weighted by Gasteiger charge is -2.21. The predicted octanol–water partition coefficient (Wildman–Crippen LogP) is 2.88. The van der Waals surface area contributed by atoms with Crippen LogP contribution in [0.5, 0.6) is 5.88 Å². The summed E-state index contributed by atoms with van der Waals surface area (Å²) in [7, 11) is 0. The van der Waals surface area contributed by atoms with Gasteiger partial charge in [-0.25, -0.2) is 0 Å². The van der Waals surface area contributed by atoms with E-state index >= 15 is 0 Å². The molecule has 0 unspecified atom stereocenters. The number of nitrogens with zero attached hydrogens (tertiary/aromatic N) is 3. The number of fused-ring (bicyclic) bond motifs is 2. The molecule has 2 aliphatic heterocycles. The van der Waals surface area contributed by atoms with Crippen LogP contribution in [-0.4, -0.2) is 38.4 Å². The zero-order valence-electron chi connectivity index (χ0n) is 12.2. The van der Waals surface area contributed by atoms with Crippen LogP contribution in [0.25, 0.3) is 11.1 Å². The molecule has 1 N–H and O–H groups in total. The maximum atomic E-state index is 10.0. The highest BCUT2D eigenvalue weighted by atomic mass is 16.3. The van der Waals surface area contributed by atoms with Crippen molar-refractivity contribution in [3.63, 3.8) is 0 Å². The van der Waals surface area contributed by atoms with Gasteiger partial charge in [-0.15, -0.1) is 5.10 Å². The molecule has 4 heteroatoms. The number of benzene rings is 1. The lowest BCUT2D eigenvalue weighted by atomic mass is 10.0. The van der Waals surface area contributed by atoms with Crippen LogP contribution in [0.15, 0.2) is 36.5 Å². The molecular weight excluding hydrogens is 262 g/mol. The number of aromatic hydroxyl groups is 1. The Morgan fingerprint density at radius 1 is 1.00 bits per heavy atom. The molecule has 3 heterocycles. The van der Waals surface area contributed by atoms with Gasteiger partial charge in [0.1, 0.15) is 0 Å². The number of hydrogen-bond donors (Lipinski definition) is 1. The quantitative estimate of drug-likeness (QED) is 0.938. The Hall–Kier alpha value is -1.81. The van der Waals surface area contributed by atoms with Gasteiger partial charge in [-0.3, -0.25) is 9.58 Å². The molecule has 110 valence electrons. The van der Waals surface area contributed by atoms with Gasteiger partial charge in [0, 0.05) is 24.8 Å². The van der Waals surface area contributed by atoms with E-state index in [1.54, 1.807) is 0 Å². The molecule has 0 amide bonds. The maximum absolute atomic E-state index is 10.0. The molecule has 0 atom stereocenters. The molecule has 2 aliphatic rings. The van der Waals surface area contributed by atoms with Gasteiger partial charge >= 0.3 is 0 Å². The first-order valence-corrected chi connectivity index (χ1v) is 7.89. The third kappa shape index (κ3) is 2.33. The minimum atomic E-state index is 0.130. The van der Waals surface area contributed by atoms with Crippen molar-refractivity contribution in [2.75, 3.05) is 6.54 Å². The Kier molecular flexibility index (Phi) is 3.19. The summed E-state index contributed by atoms with van der Waals surface area (Å²) in [5.41, 5.74) is 1.84. The summed E-state index contributed by atoms with van der Waals surface area (Å²) in [6.45, 7) is 1.90. The second-order valence-corrected chi connectivity index (χ2v) is 6.20. The summed E-state index contributed by atoms with van der Waals surface area (Å²) in [4.78, 5) is 2.64. The highest BCUT2D eigenvalue weighted by Crippen LogP contribution is 2.37. The van der Waals surface area contributed by atoms with Crippen LogP contribution in [0.4, 0.5) is 0 Å². The van der Waals surface area contributed by atoms with Crippen LogP contribution in [0, 0.1) is 0 Å². The van der Waals surface area contributed by atoms with Gasteiger partial charge in [0.2, 0.25) is 5.88 Å². The Bertz CT molecular complexity index is 602. The fourth-order valence-corrected chi connectivity index (χ4v) is 3.95. The fourth-order valence-electron chi connectivity index (χ4n) is 3.95. The topological polar surface area (TPSA) is 41.3 Å². The van der Waals surface area contributed by atoms with Crippen molar-refractivity contribution in [2.45, 2.75) is 44.3 Å². The van der Waals surface area contributed by atoms with Gasteiger partial charge in [-0.2, -0.15) is 0 Å². The van der Waals surface area contributed by atoms with E-state index in [2.05, 4.69) is 10.00 Å². The van der Waals surface area contributed by atoms with Crippen LogP contribution in [-0.2, 0) is 6.54 Å². The Labute approximate surface area is 125 Å². The molecule has 2 bridgehead atoms. The predicted molar refractivity (Wildman–Crippen MR) is 82.1 cm³/mol. The first-order valence-electron chi connectivity index (χ1n) is 7.89. The first-order chi connectivity index (χ1) is 10.3. The normalized spacial score (nSPS) is 24.8. The van der Waals surface area contributed by atoms with Crippen molar-refractivity contribution in [1.29, 1.82) is 0 Å². The summed E-state index contributed by atoms with van der Waals surface area (Å²) in [6.07, 6.45) is 7.42. The molecule has 21 heavy (non-hydrogen) atoms. The van der Waals surface area contributed by atoms with Crippen LogP contribution >= 0.6 is 0 Å². The molecule has 0 saturated carbocycles. The van der Waals surface area contributed by atoms with E-state index < -0.39 is 0 Å². The average Bonchev–Trinajstić information content (AvgIpc) is 3.20. The fraction of sp³-hybridized carbons (Fsp3) is 0.471. The third-order valence-electron chi connectivity index (χ3n) is 5.02. The molecule has 4 rings (SSSR count). The van der Waals surface area contributed by atoms with E-state index in [1.807, 2.05) is 41.2 Å².